The van der Waals surface area contributed by atoms with E-state index in [4.69, 9.17) is 4.74 Å². The number of hydrogen-bond donors (Lipinski definition) is 1. The molecule has 1 aliphatic rings. The van der Waals surface area contributed by atoms with Gasteiger partial charge in [0.05, 0.1) is 5.56 Å². The Kier molecular flexibility index (Phi) is 4.93. The summed E-state index contributed by atoms with van der Waals surface area (Å²) in [6.45, 7) is 2.52. The average Bonchev–Trinajstić information content (AvgIpc) is 2.55. The fourth-order valence-corrected chi connectivity index (χ4v) is 2.24. The van der Waals surface area contributed by atoms with Crippen LogP contribution in [0, 0.1) is 0 Å². The van der Waals surface area contributed by atoms with E-state index in [0.29, 0.717) is 24.3 Å². The Hall–Kier alpha value is -1.39. The number of Topliss-reactive ketones (excluding diaryl/α,β-unsaturated/α-hetero) is 1. The van der Waals surface area contributed by atoms with Crippen molar-refractivity contribution >= 4 is 5.78 Å². The summed E-state index contributed by atoms with van der Waals surface area (Å²) >= 11 is 0. The van der Waals surface area contributed by atoms with Crippen molar-refractivity contribution in [2.75, 3.05) is 33.8 Å². The molecule has 0 saturated carbocycles. The number of ether oxygens (including phenoxy) is 1. The zero-order valence-electron chi connectivity index (χ0n) is 11.7. The fourth-order valence-electron chi connectivity index (χ4n) is 2.24. The van der Waals surface area contributed by atoms with Crippen molar-refractivity contribution in [3.05, 3.63) is 29.8 Å². The van der Waals surface area contributed by atoms with Crippen LogP contribution in [0.5, 0.6) is 5.75 Å². The van der Waals surface area contributed by atoms with E-state index in [1.54, 1.807) is 0 Å². The van der Waals surface area contributed by atoms with E-state index in [1.807, 2.05) is 24.3 Å². The molecule has 1 aromatic carbocycles. The first-order chi connectivity index (χ1) is 9.16. The number of rotatable bonds is 5. The molecule has 1 aromatic rings. The summed E-state index contributed by atoms with van der Waals surface area (Å²) in [6.07, 6.45) is 1.59. The Bertz CT molecular complexity index is 432. The standard InChI is InChI=1S/C15H22N2O2/c1-17(2)9-5-8-16-12-10-14(18)13-6-3-4-7-15(13)19-11-12/h3-4,6-7,12,16H,5,8-11H2,1-2H3. The lowest BCUT2D eigenvalue weighted by Gasteiger charge is -2.16. The zero-order valence-corrected chi connectivity index (χ0v) is 11.7. The Morgan fingerprint density at radius 2 is 2.16 bits per heavy atom. The quantitative estimate of drug-likeness (QED) is 0.818. The van der Waals surface area contributed by atoms with Gasteiger partial charge in [0, 0.05) is 12.5 Å². The Morgan fingerprint density at radius 3 is 2.95 bits per heavy atom. The zero-order chi connectivity index (χ0) is 13.7. The van der Waals surface area contributed by atoms with E-state index in [2.05, 4.69) is 24.3 Å². The number of benzene rings is 1. The van der Waals surface area contributed by atoms with Crippen LogP contribution in [0.1, 0.15) is 23.2 Å². The van der Waals surface area contributed by atoms with Crippen LogP contribution in [0.3, 0.4) is 0 Å². The average molecular weight is 262 g/mol. The molecule has 104 valence electrons. The largest absolute Gasteiger partial charge is 0.491 e. The molecule has 0 radical (unpaired) electrons. The van der Waals surface area contributed by atoms with Crippen molar-refractivity contribution < 1.29 is 9.53 Å². The molecule has 1 atom stereocenters. The van der Waals surface area contributed by atoms with Crippen molar-refractivity contribution in [3.8, 4) is 5.75 Å². The third kappa shape index (κ3) is 4.04. The molecule has 2 rings (SSSR count). The molecule has 0 amide bonds. The number of carbonyl (C=O) groups is 1. The second-order valence-corrected chi connectivity index (χ2v) is 5.24. The monoisotopic (exact) mass is 262 g/mol. The molecule has 4 heteroatoms. The molecule has 0 bridgehead atoms. The number of para-hydroxylation sites is 1. The summed E-state index contributed by atoms with van der Waals surface area (Å²) in [5.41, 5.74) is 0.708. The van der Waals surface area contributed by atoms with E-state index in [-0.39, 0.29) is 11.8 Å². The van der Waals surface area contributed by atoms with Crippen LogP contribution in [0.2, 0.25) is 0 Å². The third-order valence-corrected chi connectivity index (χ3v) is 3.27. The van der Waals surface area contributed by atoms with Crippen LogP contribution < -0.4 is 10.1 Å². The molecule has 0 spiro atoms. The highest BCUT2D eigenvalue weighted by molar-refractivity contribution is 5.99. The van der Waals surface area contributed by atoms with Gasteiger partial charge in [-0.25, -0.2) is 0 Å². The normalized spacial score (nSPS) is 18.9. The Labute approximate surface area is 114 Å². The van der Waals surface area contributed by atoms with E-state index < -0.39 is 0 Å². The first-order valence-corrected chi connectivity index (χ1v) is 6.80. The van der Waals surface area contributed by atoms with Crippen molar-refractivity contribution in [2.45, 2.75) is 18.9 Å². The predicted octanol–water partition coefficient (Wildman–Crippen LogP) is 1.56. The van der Waals surface area contributed by atoms with Crippen LogP contribution in [-0.2, 0) is 0 Å². The van der Waals surface area contributed by atoms with Gasteiger partial charge < -0.3 is 15.0 Å². The lowest BCUT2D eigenvalue weighted by Crippen LogP contribution is -2.36. The first-order valence-electron chi connectivity index (χ1n) is 6.80. The van der Waals surface area contributed by atoms with Crippen molar-refractivity contribution in [3.63, 3.8) is 0 Å². The van der Waals surface area contributed by atoms with E-state index in [0.717, 1.165) is 19.5 Å². The number of ketones is 1. The maximum atomic E-state index is 12.1. The second-order valence-electron chi connectivity index (χ2n) is 5.24. The number of nitrogens with zero attached hydrogens (tertiary/aromatic N) is 1. The summed E-state index contributed by atoms with van der Waals surface area (Å²) in [7, 11) is 4.13. The van der Waals surface area contributed by atoms with Crippen LogP contribution in [0.25, 0.3) is 0 Å². The minimum atomic E-state index is 0.113. The van der Waals surface area contributed by atoms with Gasteiger partial charge in [-0.3, -0.25) is 4.79 Å². The van der Waals surface area contributed by atoms with Gasteiger partial charge in [-0.1, -0.05) is 12.1 Å². The van der Waals surface area contributed by atoms with Gasteiger partial charge in [-0.05, 0) is 45.7 Å². The maximum Gasteiger partial charge on any atom is 0.168 e. The van der Waals surface area contributed by atoms with Gasteiger partial charge in [0.25, 0.3) is 0 Å². The minimum absolute atomic E-state index is 0.113. The summed E-state index contributed by atoms with van der Waals surface area (Å²) in [6, 6.07) is 7.59. The van der Waals surface area contributed by atoms with Crippen LogP contribution in [-0.4, -0.2) is 50.5 Å². The Morgan fingerprint density at radius 1 is 1.37 bits per heavy atom. The summed E-state index contributed by atoms with van der Waals surface area (Å²) in [4.78, 5) is 14.3. The highest BCUT2D eigenvalue weighted by Crippen LogP contribution is 2.23. The molecule has 1 unspecified atom stereocenters. The highest BCUT2D eigenvalue weighted by Gasteiger charge is 2.22. The lowest BCUT2D eigenvalue weighted by atomic mass is 10.0. The first kappa shape index (κ1) is 14.0. The number of nitrogens with one attached hydrogen (secondary N) is 1. The molecule has 1 aliphatic heterocycles. The number of hydrogen-bond acceptors (Lipinski definition) is 4. The molecule has 0 saturated heterocycles. The molecule has 0 fully saturated rings. The molecule has 4 nitrogen and oxygen atoms in total. The topological polar surface area (TPSA) is 41.6 Å². The minimum Gasteiger partial charge on any atom is -0.491 e. The molecule has 1 heterocycles. The predicted molar refractivity (Wildman–Crippen MR) is 75.8 cm³/mol. The molecular formula is C15H22N2O2. The smallest absolute Gasteiger partial charge is 0.168 e. The van der Waals surface area contributed by atoms with E-state index >= 15 is 0 Å². The van der Waals surface area contributed by atoms with Crippen molar-refractivity contribution in [1.82, 2.24) is 10.2 Å². The molecule has 1 N–H and O–H groups in total. The summed E-state index contributed by atoms with van der Waals surface area (Å²) in [5.74, 6) is 0.878. The lowest BCUT2D eigenvalue weighted by molar-refractivity contribution is 0.0971. The second kappa shape index (κ2) is 6.68. The maximum absolute atomic E-state index is 12.1. The Balaban J connectivity index is 1.85. The molecule has 19 heavy (non-hydrogen) atoms. The van der Waals surface area contributed by atoms with Crippen molar-refractivity contribution in [1.29, 1.82) is 0 Å². The SMILES string of the molecule is CN(C)CCCNC1COc2ccccc2C(=O)C1. The van der Waals surface area contributed by atoms with Gasteiger partial charge in [-0.2, -0.15) is 0 Å². The van der Waals surface area contributed by atoms with E-state index in [9.17, 15) is 4.79 Å². The number of carbonyl (C=O) groups excluding carboxylic acids is 1. The molecular weight excluding hydrogens is 240 g/mol. The van der Waals surface area contributed by atoms with Gasteiger partial charge in [0.15, 0.2) is 5.78 Å². The molecule has 0 aliphatic carbocycles. The van der Waals surface area contributed by atoms with Crippen LogP contribution in [0.4, 0.5) is 0 Å². The van der Waals surface area contributed by atoms with Crippen molar-refractivity contribution in [2.24, 2.45) is 0 Å². The molecule has 0 aromatic heterocycles. The van der Waals surface area contributed by atoms with Gasteiger partial charge in [0.2, 0.25) is 0 Å². The highest BCUT2D eigenvalue weighted by atomic mass is 16.5. The van der Waals surface area contributed by atoms with Gasteiger partial charge in [0.1, 0.15) is 12.4 Å². The van der Waals surface area contributed by atoms with Gasteiger partial charge in [-0.15, -0.1) is 0 Å². The van der Waals surface area contributed by atoms with Crippen LogP contribution in [0.15, 0.2) is 24.3 Å². The van der Waals surface area contributed by atoms with Gasteiger partial charge >= 0.3 is 0 Å². The summed E-state index contributed by atoms with van der Waals surface area (Å²) < 4.78 is 5.72. The fraction of sp³-hybridized carbons (Fsp3) is 0.533. The third-order valence-electron chi connectivity index (χ3n) is 3.27. The van der Waals surface area contributed by atoms with Crippen LogP contribution >= 0.6 is 0 Å². The summed E-state index contributed by atoms with van der Waals surface area (Å²) in [5, 5.41) is 3.41. The van der Waals surface area contributed by atoms with E-state index in [1.165, 1.54) is 0 Å². The number of fused-ring (bicyclic) bond motifs is 1.